The lowest BCUT2D eigenvalue weighted by atomic mass is 9.86. The number of aliphatic carboxylic acids is 2. The summed E-state index contributed by atoms with van der Waals surface area (Å²) in [6.45, 7) is 4.15. The van der Waals surface area contributed by atoms with Crippen LogP contribution in [-0.2, 0) is 22.4 Å². The van der Waals surface area contributed by atoms with E-state index in [1.807, 2.05) is 31.2 Å². The molecule has 3 heterocycles. The lowest BCUT2D eigenvalue weighted by Gasteiger charge is -2.29. The van der Waals surface area contributed by atoms with E-state index < -0.39 is 11.9 Å². The van der Waals surface area contributed by atoms with Crippen molar-refractivity contribution in [3.63, 3.8) is 0 Å². The van der Waals surface area contributed by atoms with Crippen LogP contribution in [0.3, 0.4) is 0 Å². The quantitative estimate of drug-likeness (QED) is 0.261. The third-order valence-corrected chi connectivity index (χ3v) is 7.06. The standard InChI is InChI=1S/C26H26FN3O2.C4H4O4/c1-15-2-5-19-22(29-15)8-9-25-26(19)32-18(14-31-25)13-28-12-16-3-6-23-20(10-16)21-11-17(27)4-7-24(21)30-23;5-3(6)1-2-4(7)8/h2,4-5,7-9,11,16,18,28,30H,3,6,10,12-14H2,1H3;1-2H,(H,5,6)(H,7,8)/t16-,18-;/m0./s1. The highest BCUT2D eigenvalue weighted by atomic mass is 19.1. The molecule has 0 spiro atoms. The summed E-state index contributed by atoms with van der Waals surface area (Å²) < 4.78 is 26.1. The molecule has 0 unspecified atom stereocenters. The molecule has 6 rings (SSSR count). The third kappa shape index (κ3) is 6.23. The number of rotatable bonds is 6. The minimum absolute atomic E-state index is 0.0456. The maximum atomic E-state index is 13.8. The van der Waals surface area contributed by atoms with Gasteiger partial charge < -0.3 is 30.0 Å². The highest BCUT2D eigenvalue weighted by Crippen LogP contribution is 2.38. The van der Waals surface area contributed by atoms with E-state index in [1.165, 1.54) is 17.3 Å². The molecular weight excluding hydrogens is 517 g/mol. The number of H-pyrrole nitrogens is 1. The second kappa shape index (κ2) is 11.7. The van der Waals surface area contributed by atoms with Crippen LogP contribution in [0.2, 0.25) is 0 Å². The van der Waals surface area contributed by atoms with E-state index in [4.69, 9.17) is 19.7 Å². The summed E-state index contributed by atoms with van der Waals surface area (Å²) in [7, 11) is 0. The lowest BCUT2D eigenvalue weighted by Crippen LogP contribution is -2.40. The summed E-state index contributed by atoms with van der Waals surface area (Å²) in [6.07, 6.45) is 4.16. The zero-order valence-electron chi connectivity index (χ0n) is 21.9. The number of carboxylic acid groups (broad SMARTS) is 2. The zero-order chi connectivity index (χ0) is 28.2. The first-order chi connectivity index (χ1) is 19.3. The Morgan fingerprint density at radius 2 is 1.90 bits per heavy atom. The fraction of sp³-hybridized carbons (Fsp3) is 0.300. The van der Waals surface area contributed by atoms with Crippen molar-refractivity contribution < 1.29 is 33.7 Å². The molecule has 0 radical (unpaired) electrons. The van der Waals surface area contributed by atoms with E-state index >= 15 is 0 Å². The van der Waals surface area contributed by atoms with Gasteiger partial charge in [0.1, 0.15) is 18.5 Å². The van der Waals surface area contributed by atoms with E-state index in [0.717, 1.165) is 71.4 Å². The Kier molecular flexibility index (Phi) is 7.97. The monoisotopic (exact) mass is 547 g/mol. The van der Waals surface area contributed by atoms with Crippen LogP contribution in [0.25, 0.3) is 21.8 Å². The maximum absolute atomic E-state index is 13.8. The van der Waals surface area contributed by atoms with Gasteiger partial charge in [0.05, 0.1) is 5.52 Å². The number of nitrogens with one attached hydrogen (secondary N) is 2. The SMILES string of the molecule is Cc1ccc2c3c(ccc2n1)OC[C@H](CNC[C@H]1CCc2[nH]c4ccc(F)cc4c2C1)O3.O=C(O)C=CC(=O)O. The Balaban J connectivity index is 0.000000355. The van der Waals surface area contributed by atoms with Crippen LogP contribution in [-0.4, -0.2) is 57.9 Å². The van der Waals surface area contributed by atoms with Gasteiger partial charge in [0.15, 0.2) is 11.5 Å². The van der Waals surface area contributed by atoms with Crippen LogP contribution in [0, 0.1) is 18.7 Å². The Hall–Kier alpha value is -4.44. The Morgan fingerprint density at radius 3 is 2.67 bits per heavy atom. The Labute approximate surface area is 229 Å². The number of aromatic nitrogens is 2. The minimum atomic E-state index is -1.26. The number of nitrogens with zero attached hydrogens (tertiary/aromatic N) is 1. The molecule has 4 aromatic rings. The second-order valence-electron chi connectivity index (χ2n) is 10.0. The molecule has 0 fully saturated rings. The molecule has 1 aliphatic heterocycles. The van der Waals surface area contributed by atoms with Crippen LogP contribution < -0.4 is 14.8 Å². The van der Waals surface area contributed by atoms with Gasteiger partial charge in [0.2, 0.25) is 0 Å². The maximum Gasteiger partial charge on any atom is 0.328 e. The summed E-state index contributed by atoms with van der Waals surface area (Å²) in [5.41, 5.74) is 5.49. The van der Waals surface area contributed by atoms with Crippen molar-refractivity contribution in [2.75, 3.05) is 19.7 Å². The van der Waals surface area contributed by atoms with Crippen molar-refractivity contribution >= 4 is 33.7 Å². The predicted octanol–water partition coefficient (Wildman–Crippen LogP) is 4.41. The normalized spacial score (nSPS) is 17.9. The van der Waals surface area contributed by atoms with Crippen LogP contribution >= 0.6 is 0 Å². The molecular formula is C30H30FN3O6. The number of aryl methyl sites for hydroxylation is 2. The first-order valence-electron chi connectivity index (χ1n) is 13.1. The molecule has 0 bridgehead atoms. The Morgan fingerprint density at radius 1 is 1.10 bits per heavy atom. The molecule has 1 aliphatic carbocycles. The number of ether oxygens (including phenoxy) is 2. The van der Waals surface area contributed by atoms with Gasteiger partial charge in [-0.1, -0.05) is 0 Å². The first kappa shape index (κ1) is 27.1. The van der Waals surface area contributed by atoms with Gasteiger partial charge in [0, 0.05) is 46.4 Å². The predicted molar refractivity (Wildman–Crippen MR) is 147 cm³/mol. The number of carboxylic acids is 2. The summed E-state index contributed by atoms with van der Waals surface area (Å²) >= 11 is 0. The molecule has 10 heteroatoms. The molecule has 9 nitrogen and oxygen atoms in total. The molecule has 0 saturated carbocycles. The van der Waals surface area contributed by atoms with Crippen LogP contribution in [0.1, 0.15) is 23.4 Å². The van der Waals surface area contributed by atoms with Gasteiger partial charge in [-0.2, -0.15) is 0 Å². The number of pyridine rings is 1. The summed E-state index contributed by atoms with van der Waals surface area (Å²) in [5, 5.41) is 21.2. The number of benzene rings is 2. The highest BCUT2D eigenvalue weighted by Gasteiger charge is 2.25. The van der Waals surface area contributed by atoms with E-state index in [0.29, 0.717) is 24.7 Å². The molecule has 2 aliphatic rings. The first-order valence-corrected chi connectivity index (χ1v) is 13.1. The second-order valence-corrected chi connectivity index (χ2v) is 10.0. The molecule has 4 N–H and O–H groups in total. The van der Waals surface area contributed by atoms with E-state index in [-0.39, 0.29) is 11.9 Å². The summed E-state index contributed by atoms with van der Waals surface area (Å²) in [6, 6.07) is 13.0. The van der Waals surface area contributed by atoms with Gasteiger partial charge in [-0.3, -0.25) is 4.98 Å². The number of hydrogen-bond acceptors (Lipinski definition) is 6. The average Bonchev–Trinajstić information content (AvgIpc) is 3.29. The number of hydrogen-bond donors (Lipinski definition) is 4. The summed E-state index contributed by atoms with van der Waals surface area (Å²) in [5.74, 6) is -0.594. The van der Waals surface area contributed by atoms with E-state index in [9.17, 15) is 14.0 Å². The number of carbonyl (C=O) groups is 2. The van der Waals surface area contributed by atoms with E-state index in [1.54, 1.807) is 6.07 Å². The molecule has 40 heavy (non-hydrogen) atoms. The molecule has 2 atom stereocenters. The van der Waals surface area contributed by atoms with Crippen molar-refractivity contribution in [1.29, 1.82) is 0 Å². The molecule has 2 aromatic carbocycles. The summed E-state index contributed by atoms with van der Waals surface area (Å²) in [4.78, 5) is 27.2. The molecule has 0 saturated heterocycles. The number of fused-ring (bicyclic) bond motifs is 6. The van der Waals surface area contributed by atoms with Gasteiger partial charge in [-0.25, -0.2) is 14.0 Å². The van der Waals surface area contributed by atoms with Crippen LogP contribution in [0.5, 0.6) is 11.5 Å². The smallest absolute Gasteiger partial charge is 0.328 e. The topological polar surface area (TPSA) is 134 Å². The molecule has 2 aromatic heterocycles. The fourth-order valence-corrected chi connectivity index (χ4v) is 5.20. The van der Waals surface area contributed by atoms with Crippen molar-refractivity contribution in [1.82, 2.24) is 15.3 Å². The molecule has 208 valence electrons. The number of aromatic amines is 1. The van der Waals surface area contributed by atoms with Crippen LogP contribution in [0.15, 0.2) is 54.6 Å². The Bertz CT molecular complexity index is 1580. The van der Waals surface area contributed by atoms with Crippen LogP contribution in [0.4, 0.5) is 4.39 Å². The van der Waals surface area contributed by atoms with Gasteiger partial charge in [-0.15, -0.1) is 0 Å². The number of halogens is 1. The van der Waals surface area contributed by atoms with E-state index in [2.05, 4.69) is 21.4 Å². The highest BCUT2D eigenvalue weighted by molar-refractivity contribution is 5.90. The van der Waals surface area contributed by atoms with Gasteiger partial charge in [-0.05, 0) is 86.7 Å². The van der Waals surface area contributed by atoms with Gasteiger partial charge in [0.25, 0.3) is 0 Å². The minimum Gasteiger partial charge on any atom is -0.486 e. The van der Waals surface area contributed by atoms with Gasteiger partial charge >= 0.3 is 11.9 Å². The average molecular weight is 548 g/mol. The van der Waals surface area contributed by atoms with Crippen molar-refractivity contribution in [3.8, 4) is 11.5 Å². The van der Waals surface area contributed by atoms with Crippen molar-refractivity contribution in [2.45, 2.75) is 32.3 Å². The van der Waals surface area contributed by atoms with Crippen molar-refractivity contribution in [2.24, 2.45) is 5.92 Å². The molecule has 0 amide bonds. The zero-order valence-corrected chi connectivity index (χ0v) is 21.9. The third-order valence-electron chi connectivity index (χ3n) is 7.06. The largest absolute Gasteiger partial charge is 0.486 e. The fourth-order valence-electron chi connectivity index (χ4n) is 5.20. The lowest BCUT2D eigenvalue weighted by molar-refractivity contribution is -0.134. The van der Waals surface area contributed by atoms with Crippen molar-refractivity contribution in [3.05, 3.63) is 77.4 Å².